The van der Waals surface area contributed by atoms with Gasteiger partial charge in [-0.3, -0.25) is 4.79 Å². The van der Waals surface area contributed by atoms with Crippen molar-refractivity contribution in [1.29, 1.82) is 0 Å². The lowest BCUT2D eigenvalue weighted by Gasteiger charge is -2.10. The molecule has 1 aromatic carbocycles. The molecule has 1 saturated heterocycles. The summed E-state index contributed by atoms with van der Waals surface area (Å²) in [5.74, 6) is -0.0222. The molecule has 0 spiro atoms. The van der Waals surface area contributed by atoms with Gasteiger partial charge < -0.3 is 15.0 Å². The summed E-state index contributed by atoms with van der Waals surface area (Å²) in [5, 5.41) is 4.03. The molecule has 1 amide bonds. The molecule has 4 heteroatoms. The number of hydrogen-bond acceptors (Lipinski definition) is 2. The van der Waals surface area contributed by atoms with Gasteiger partial charge >= 0.3 is 0 Å². The number of hydrogen-bond donors (Lipinski definition) is 2. The Hall–Kier alpha value is -1.81. The molecule has 0 bridgehead atoms. The second kappa shape index (κ2) is 5.45. The molecular formula is C15H18N2O2. The normalized spacial score (nSPS) is 18.8. The van der Waals surface area contributed by atoms with E-state index in [0.29, 0.717) is 18.2 Å². The predicted molar refractivity (Wildman–Crippen MR) is 74.2 cm³/mol. The monoisotopic (exact) mass is 258 g/mol. The maximum atomic E-state index is 12.2. The van der Waals surface area contributed by atoms with Gasteiger partial charge in [-0.2, -0.15) is 0 Å². The minimum atomic E-state index is -0.0222. The Morgan fingerprint density at radius 1 is 1.42 bits per heavy atom. The quantitative estimate of drug-likeness (QED) is 0.885. The Bertz CT molecular complexity index is 570. The van der Waals surface area contributed by atoms with Crippen LogP contribution in [0.2, 0.25) is 0 Å². The highest BCUT2D eigenvalue weighted by molar-refractivity contribution is 6.05. The first-order valence-corrected chi connectivity index (χ1v) is 6.80. The molecule has 0 radical (unpaired) electrons. The molecule has 2 aromatic rings. The zero-order chi connectivity index (χ0) is 13.1. The van der Waals surface area contributed by atoms with E-state index in [-0.39, 0.29) is 5.91 Å². The van der Waals surface area contributed by atoms with Gasteiger partial charge in [-0.25, -0.2) is 0 Å². The standard InChI is InChI=1S/C15H18N2O2/c18-15(17-9-7-12-4-2-10-19-12)13-5-1-3-11-6-8-16-14(11)13/h1,3,5-6,8,12,16H,2,4,7,9-10H2,(H,17,18). The minimum Gasteiger partial charge on any atom is -0.378 e. The van der Waals surface area contributed by atoms with E-state index >= 15 is 0 Å². The summed E-state index contributed by atoms with van der Waals surface area (Å²) in [6.45, 7) is 1.53. The Kier molecular flexibility index (Phi) is 3.51. The van der Waals surface area contributed by atoms with Crippen LogP contribution < -0.4 is 5.32 Å². The zero-order valence-corrected chi connectivity index (χ0v) is 10.8. The summed E-state index contributed by atoms with van der Waals surface area (Å²) in [6.07, 6.45) is 5.32. The third kappa shape index (κ3) is 2.63. The van der Waals surface area contributed by atoms with Gasteiger partial charge in [0.25, 0.3) is 5.91 Å². The molecular weight excluding hydrogens is 240 g/mol. The van der Waals surface area contributed by atoms with Crippen LogP contribution in [0, 0.1) is 0 Å². The van der Waals surface area contributed by atoms with E-state index in [1.54, 1.807) is 0 Å². The Labute approximate surface area is 112 Å². The first-order valence-electron chi connectivity index (χ1n) is 6.80. The molecule has 1 aliphatic rings. The van der Waals surface area contributed by atoms with Crippen LogP contribution in [0.25, 0.3) is 10.9 Å². The lowest BCUT2D eigenvalue weighted by molar-refractivity contribution is 0.0908. The molecule has 1 fully saturated rings. The van der Waals surface area contributed by atoms with Crippen LogP contribution in [-0.4, -0.2) is 30.1 Å². The molecule has 2 heterocycles. The predicted octanol–water partition coefficient (Wildman–Crippen LogP) is 2.47. The average molecular weight is 258 g/mol. The number of ether oxygens (including phenoxy) is 1. The van der Waals surface area contributed by atoms with E-state index in [9.17, 15) is 4.79 Å². The molecule has 100 valence electrons. The molecule has 4 nitrogen and oxygen atoms in total. The number of nitrogens with one attached hydrogen (secondary N) is 2. The van der Waals surface area contributed by atoms with E-state index < -0.39 is 0 Å². The van der Waals surface area contributed by atoms with Gasteiger partial charge in [0, 0.05) is 24.7 Å². The third-order valence-corrected chi connectivity index (χ3v) is 3.61. The van der Waals surface area contributed by atoms with Crippen LogP contribution in [0.4, 0.5) is 0 Å². The molecule has 0 saturated carbocycles. The van der Waals surface area contributed by atoms with Crippen molar-refractivity contribution in [3.05, 3.63) is 36.0 Å². The molecule has 1 unspecified atom stereocenters. The minimum absolute atomic E-state index is 0.0222. The number of carbonyl (C=O) groups is 1. The summed E-state index contributed by atoms with van der Waals surface area (Å²) in [7, 11) is 0. The lowest BCUT2D eigenvalue weighted by atomic mass is 10.1. The summed E-state index contributed by atoms with van der Waals surface area (Å²) in [6, 6.07) is 7.72. The van der Waals surface area contributed by atoms with Crippen molar-refractivity contribution < 1.29 is 9.53 Å². The number of benzene rings is 1. The number of carbonyl (C=O) groups excluding carboxylic acids is 1. The Balaban J connectivity index is 1.62. The largest absolute Gasteiger partial charge is 0.378 e. The van der Waals surface area contributed by atoms with E-state index in [2.05, 4.69) is 10.3 Å². The number of para-hydroxylation sites is 1. The molecule has 3 rings (SSSR count). The van der Waals surface area contributed by atoms with Gasteiger partial charge in [0.2, 0.25) is 0 Å². The summed E-state index contributed by atoms with van der Waals surface area (Å²) < 4.78 is 5.54. The van der Waals surface area contributed by atoms with Crippen LogP contribution in [0.5, 0.6) is 0 Å². The van der Waals surface area contributed by atoms with Crippen LogP contribution in [0.15, 0.2) is 30.5 Å². The molecule has 1 aromatic heterocycles. The number of aromatic amines is 1. The van der Waals surface area contributed by atoms with E-state index in [4.69, 9.17) is 4.74 Å². The van der Waals surface area contributed by atoms with Crippen LogP contribution >= 0.6 is 0 Å². The van der Waals surface area contributed by atoms with Gasteiger partial charge in [-0.15, -0.1) is 0 Å². The van der Waals surface area contributed by atoms with Crippen molar-refractivity contribution >= 4 is 16.8 Å². The highest BCUT2D eigenvalue weighted by atomic mass is 16.5. The molecule has 2 N–H and O–H groups in total. The van der Waals surface area contributed by atoms with Crippen LogP contribution in [0.1, 0.15) is 29.6 Å². The second-order valence-electron chi connectivity index (χ2n) is 4.93. The van der Waals surface area contributed by atoms with Crippen LogP contribution in [0.3, 0.4) is 0 Å². The van der Waals surface area contributed by atoms with Crippen molar-refractivity contribution in [2.75, 3.05) is 13.2 Å². The highest BCUT2D eigenvalue weighted by Gasteiger charge is 2.16. The van der Waals surface area contributed by atoms with Crippen molar-refractivity contribution in [2.45, 2.75) is 25.4 Å². The number of H-pyrrole nitrogens is 1. The number of amides is 1. The number of fused-ring (bicyclic) bond motifs is 1. The topological polar surface area (TPSA) is 54.1 Å². The second-order valence-corrected chi connectivity index (χ2v) is 4.93. The summed E-state index contributed by atoms with van der Waals surface area (Å²) >= 11 is 0. The maximum Gasteiger partial charge on any atom is 0.253 e. The number of aromatic nitrogens is 1. The Morgan fingerprint density at radius 2 is 2.37 bits per heavy atom. The molecule has 0 aliphatic carbocycles. The van der Waals surface area contributed by atoms with Crippen LogP contribution in [-0.2, 0) is 4.74 Å². The van der Waals surface area contributed by atoms with Crippen molar-refractivity contribution in [2.24, 2.45) is 0 Å². The van der Waals surface area contributed by atoms with Crippen molar-refractivity contribution in [1.82, 2.24) is 10.3 Å². The van der Waals surface area contributed by atoms with Crippen molar-refractivity contribution in [3.63, 3.8) is 0 Å². The number of rotatable bonds is 4. The first-order chi connectivity index (χ1) is 9.34. The van der Waals surface area contributed by atoms with Gasteiger partial charge in [0.05, 0.1) is 17.2 Å². The van der Waals surface area contributed by atoms with E-state index in [1.807, 2.05) is 30.5 Å². The third-order valence-electron chi connectivity index (χ3n) is 3.61. The summed E-state index contributed by atoms with van der Waals surface area (Å²) in [4.78, 5) is 15.3. The maximum absolute atomic E-state index is 12.2. The fourth-order valence-corrected chi connectivity index (χ4v) is 2.59. The van der Waals surface area contributed by atoms with E-state index in [0.717, 1.165) is 36.8 Å². The average Bonchev–Trinajstić information content (AvgIpc) is 3.08. The first kappa shape index (κ1) is 12.2. The molecule has 1 aliphatic heterocycles. The fraction of sp³-hybridized carbons (Fsp3) is 0.400. The smallest absolute Gasteiger partial charge is 0.253 e. The summed E-state index contributed by atoms with van der Waals surface area (Å²) in [5.41, 5.74) is 1.60. The van der Waals surface area contributed by atoms with Gasteiger partial charge in [0.1, 0.15) is 0 Å². The SMILES string of the molecule is O=C(NCCC1CCCO1)c1cccc2cc[nH]c12. The van der Waals surface area contributed by atoms with Gasteiger partial charge in [0.15, 0.2) is 0 Å². The van der Waals surface area contributed by atoms with E-state index in [1.165, 1.54) is 0 Å². The molecule has 1 atom stereocenters. The molecule has 19 heavy (non-hydrogen) atoms. The van der Waals surface area contributed by atoms with Crippen molar-refractivity contribution in [3.8, 4) is 0 Å². The highest BCUT2D eigenvalue weighted by Crippen LogP contribution is 2.17. The Morgan fingerprint density at radius 3 is 3.21 bits per heavy atom. The zero-order valence-electron chi connectivity index (χ0n) is 10.8. The lowest BCUT2D eigenvalue weighted by Crippen LogP contribution is -2.27. The van der Waals surface area contributed by atoms with Gasteiger partial charge in [-0.1, -0.05) is 12.1 Å². The fourth-order valence-electron chi connectivity index (χ4n) is 2.59. The van der Waals surface area contributed by atoms with Gasteiger partial charge in [-0.05, 0) is 31.4 Å².